The van der Waals surface area contributed by atoms with Crippen LogP contribution in [0.3, 0.4) is 0 Å². The summed E-state index contributed by atoms with van der Waals surface area (Å²) in [6.45, 7) is 5.25. The van der Waals surface area contributed by atoms with E-state index in [1.54, 1.807) is 38.1 Å². The first-order chi connectivity index (χ1) is 9.99. The number of anilines is 1. The van der Waals surface area contributed by atoms with E-state index < -0.39 is 23.8 Å². The molecule has 0 spiro atoms. The third-order valence-electron chi connectivity index (χ3n) is 2.63. The molecule has 6 heteroatoms. The molecule has 0 aliphatic carbocycles. The van der Waals surface area contributed by atoms with Gasteiger partial charge in [0.05, 0.1) is 13.2 Å². The lowest BCUT2D eigenvalue weighted by atomic mass is 10.1. The Balaban J connectivity index is 2.86. The Morgan fingerprint density at radius 1 is 1.00 bits per heavy atom. The Labute approximate surface area is 123 Å². The van der Waals surface area contributed by atoms with E-state index >= 15 is 0 Å². The number of carbonyl (C=O) groups is 3. The summed E-state index contributed by atoms with van der Waals surface area (Å²) in [6, 6.07) is 6.97. The number of nitrogens with one attached hydrogen (secondary N) is 1. The van der Waals surface area contributed by atoms with Crippen LogP contribution in [0.1, 0.15) is 19.4 Å². The molecule has 21 heavy (non-hydrogen) atoms. The molecule has 1 N–H and O–H groups in total. The molecule has 0 saturated heterocycles. The van der Waals surface area contributed by atoms with Crippen LogP contribution in [0.25, 0.3) is 0 Å². The van der Waals surface area contributed by atoms with Crippen molar-refractivity contribution in [2.75, 3.05) is 18.5 Å². The number of carbonyl (C=O) groups excluding carboxylic acids is 3. The van der Waals surface area contributed by atoms with Gasteiger partial charge >= 0.3 is 11.9 Å². The van der Waals surface area contributed by atoms with Crippen molar-refractivity contribution >= 4 is 23.5 Å². The monoisotopic (exact) mass is 293 g/mol. The van der Waals surface area contributed by atoms with E-state index in [0.717, 1.165) is 5.56 Å². The molecule has 0 aliphatic rings. The number of benzene rings is 1. The molecule has 6 nitrogen and oxygen atoms in total. The standard InChI is InChI=1S/C15H19NO5/c1-4-20-14(18)12(15(19)21-5-2)13(17)16-11-8-6-10(3)7-9-11/h6-9,12H,4-5H2,1-3H3,(H,16,17). The van der Waals surface area contributed by atoms with E-state index in [2.05, 4.69) is 5.32 Å². The van der Waals surface area contributed by atoms with Crippen LogP contribution in [0.2, 0.25) is 0 Å². The zero-order valence-electron chi connectivity index (χ0n) is 12.3. The van der Waals surface area contributed by atoms with Crippen LogP contribution in [0.4, 0.5) is 5.69 Å². The average molecular weight is 293 g/mol. The Morgan fingerprint density at radius 3 is 1.90 bits per heavy atom. The van der Waals surface area contributed by atoms with Gasteiger partial charge in [-0.25, -0.2) is 0 Å². The van der Waals surface area contributed by atoms with Crippen molar-refractivity contribution in [2.45, 2.75) is 20.8 Å². The van der Waals surface area contributed by atoms with Gasteiger partial charge in [-0.2, -0.15) is 0 Å². The summed E-state index contributed by atoms with van der Waals surface area (Å²) < 4.78 is 9.50. The molecular weight excluding hydrogens is 274 g/mol. The third-order valence-corrected chi connectivity index (χ3v) is 2.63. The zero-order chi connectivity index (χ0) is 15.8. The topological polar surface area (TPSA) is 81.7 Å². The molecule has 1 amide bonds. The molecule has 0 aliphatic heterocycles. The normalized spacial score (nSPS) is 10.1. The second kappa shape index (κ2) is 8.04. The first-order valence-corrected chi connectivity index (χ1v) is 6.70. The van der Waals surface area contributed by atoms with Crippen LogP contribution in [-0.2, 0) is 23.9 Å². The first-order valence-electron chi connectivity index (χ1n) is 6.70. The van der Waals surface area contributed by atoms with Crippen molar-refractivity contribution in [3.63, 3.8) is 0 Å². The highest BCUT2D eigenvalue weighted by molar-refractivity contribution is 6.18. The highest BCUT2D eigenvalue weighted by Gasteiger charge is 2.37. The Morgan fingerprint density at radius 2 is 1.48 bits per heavy atom. The van der Waals surface area contributed by atoms with Gasteiger partial charge in [0.1, 0.15) is 0 Å². The molecule has 0 heterocycles. The van der Waals surface area contributed by atoms with Crippen LogP contribution in [0.5, 0.6) is 0 Å². The molecule has 0 radical (unpaired) electrons. The predicted molar refractivity (Wildman–Crippen MR) is 76.6 cm³/mol. The lowest BCUT2D eigenvalue weighted by Crippen LogP contribution is -2.38. The molecule has 0 atom stereocenters. The van der Waals surface area contributed by atoms with Gasteiger partial charge in [-0.1, -0.05) is 17.7 Å². The van der Waals surface area contributed by atoms with E-state index in [4.69, 9.17) is 9.47 Å². The smallest absolute Gasteiger partial charge is 0.330 e. The summed E-state index contributed by atoms with van der Waals surface area (Å²) in [5.74, 6) is -4.22. The fourth-order valence-electron chi connectivity index (χ4n) is 1.61. The second-order valence-corrected chi connectivity index (χ2v) is 4.29. The summed E-state index contributed by atoms with van der Waals surface area (Å²) in [5, 5.41) is 2.51. The van der Waals surface area contributed by atoms with Crippen LogP contribution in [0, 0.1) is 12.8 Å². The highest BCUT2D eigenvalue weighted by Crippen LogP contribution is 2.12. The summed E-state index contributed by atoms with van der Waals surface area (Å²) in [6.07, 6.45) is 0. The molecule has 114 valence electrons. The molecule has 1 aromatic rings. The van der Waals surface area contributed by atoms with Gasteiger partial charge in [-0.05, 0) is 32.9 Å². The van der Waals surface area contributed by atoms with Gasteiger partial charge in [0, 0.05) is 5.69 Å². The van der Waals surface area contributed by atoms with Gasteiger partial charge in [0.2, 0.25) is 11.8 Å². The van der Waals surface area contributed by atoms with Gasteiger partial charge in [0.15, 0.2) is 0 Å². The number of esters is 2. The van der Waals surface area contributed by atoms with Crippen molar-refractivity contribution < 1.29 is 23.9 Å². The number of ether oxygens (including phenoxy) is 2. The van der Waals surface area contributed by atoms with Crippen molar-refractivity contribution in [2.24, 2.45) is 5.92 Å². The quantitative estimate of drug-likeness (QED) is 0.637. The molecule has 0 fully saturated rings. The largest absolute Gasteiger partial charge is 0.465 e. The SMILES string of the molecule is CCOC(=O)C(C(=O)Nc1ccc(C)cc1)C(=O)OCC. The van der Waals surface area contributed by atoms with Gasteiger partial charge in [0.25, 0.3) is 0 Å². The van der Waals surface area contributed by atoms with Crippen molar-refractivity contribution in [3.8, 4) is 0 Å². The number of rotatable bonds is 6. The number of hydrogen-bond acceptors (Lipinski definition) is 5. The summed E-state index contributed by atoms with van der Waals surface area (Å²) in [7, 11) is 0. The summed E-state index contributed by atoms with van der Waals surface area (Å²) in [4.78, 5) is 35.6. The fraction of sp³-hybridized carbons (Fsp3) is 0.400. The van der Waals surface area contributed by atoms with E-state index in [1.165, 1.54) is 0 Å². The summed E-state index contributed by atoms with van der Waals surface area (Å²) >= 11 is 0. The van der Waals surface area contributed by atoms with Crippen LogP contribution in [-0.4, -0.2) is 31.1 Å². The van der Waals surface area contributed by atoms with Crippen molar-refractivity contribution in [1.29, 1.82) is 0 Å². The maximum Gasteiger partial charge on any atom is 0.330 e. The third kappa shape index (κ3) is 4.91. The Bertz CT molecular complexity index is 491. The van der Waals surface area contributed by atoms with Crippen molar-refractivity contribution in [3.05, 3.63) is 29.8 Å². The fourth-order valence-corrected chi connectivity index (χ4v) is 1.61. The molecule has 0 saturated carbocycles. The Hall–Kier alpha value is -2.37. The van der Waals surface area contributed by atoms with Crippen molar-refractivity contribution in [1.82, 2.24) is 0 Å². The second-order valence-electron chi connectivity index (χ2n) is 4.29. The molecular formula is C15H19NO5. The van der Waals surface area contributed by atoms with Gasteiger partial charge in [-0.3, -0.25) is 14.4 Å². The molecule has 0 bridgehead atoms. The number of amides is 1. The Kier molecular flexibility index (Phi) is 6.39. The average Bonchev–Trinajstić information content (AvgIpc) is 2.42. The minimum Gasteiger partial charge on any atom is -0.465 e. The lowest BCUT2D eigenvalue weighted by Gasteiger charge is -2.14. The number of hydrogen-bond donors (Lipinski definition) is 1. The molecule has 1 aromatic carbocycles. The maximum absolute atomic E-state index is 12.1. The van der Waals surface area contributed by atoms with Crippen LogP contribution < -0.4 is 5.32 Å². The predicted octanol–water partition coefficient (Wildman–Crippen LogP) is 1.68. The first kappa shape index (κ1) is 16.7. The minimum absolute atomic E-state index is 0.0759. The van der Waals surface area contributed by atoms with Gasteiger partial charge < -0.3 is 14.8 Å². The van der Waals surface area contributed by atoms with Gasteiger partial charge in [-0.15, -0.1) is 0 Å². The molecule has 0 aromatic heterocycles. The van der Waals surface area contributed by atoms with E-state index in [1.807, 2.05) is 6.92 Å². The van der Waals surface area contributed by atoms with E-state index in [9.17, 15) is 14.4 Å². The van der Waals surface area contributed by atoms with Crippen LogP contribution in [0.15, 0.2) is 24.3 Å². The summed E-state index contributed by atoms with van der Waals surface area (Å²) in [5.41, 5.74) is 1.52. The lowest BCUT2D eigenvalue weighted by molar-refractivity contribution is -0.163. The van der Waals surface area contributed by atoms with Crippen LogP contribution >= 0.6 is 0 Å². The maximum atomic E-state index is 12.1. The molecule has 1 rings (SSSR count). The zero-order valence-corrected chi connectivity index (χ0v) is 12.3. The van der Waals surface area contributed by atoms with E-state index in [-0.39, 0.29) is 13.2 Å². The highest BCUT2D eigenvalue weighted by atomic mass is 16.6. The molecule has 0 unspecified atom stereocenters. The number of aryl methyl sites for hydroxylation is 1. The minimum atomic E-state index is -1.62. The van der Waals surface area contributed by atoms with E-state index in [0.29, 0.717) is 5.69 Å².